The van der Waals surface area contributed by atoms with E-state index in [-0.39, 0.29) is 70.7 Å². The van der Waals surface area contributed by atoms with Crippen LogP contribution in [0.1, 0.15) is 12.8 Å². The molecule has 0 amide bonds. The van der Waals surface area contributed by atoms with Gasteiger partial charge in [-0.2, -0.15) is 21.6 Å². The van der Waals surface area contributed by atoms with Crippen LogP contribution in [0.2, 0.25) is 0 Å². The van der Waals surface area contributed by atoms with Gasteiger partial charge in [0.25, 0.3) is 0 Å². The van der Waals surface area contributed by atoms with Crippen LogP contribution >= 0.6 is 0 Å². The molecule has 108 valence electrons. The fourth-order valence-corrected chi connectivity index (χ4v) is 2.79. The Hall–Kier alpha value is 0.515. The Kier molecular flexibility index (Phi) is 5.53. The van der Waals surface area contributed by atoms with E-state index in [0.717, 1.165) is 0 Å². The summed E-state index contributed by atoms with van der Waals surface area (Å²) in [7, 11) is -4.26. The van der Waals surface area contributed by atoms with Crippen molar-refractivity contribution in [2.45, 2.75) is 30.4 Å². The third-order valence-electron chi connectivity index (χ3n) is 3.33. The minimum Gasteiger partial charge on any atom is -0.545 e. The van der Waals surface area contributed by atoms with Crippen LogP contribution in [-0.4, -0.2) is 43.9 Å². The van der Waals surface area contributed by atoms with E-state index in [1.54, 1.807) is 11.9 Å². The van der Waals surface area contributed by atoms with E-state index < -0.39 is 39.0 Å². The van der Waals surface area contributed by atoms with Gasteiger partial charge >= 0.3 is 73.8 Å². The van der Waals surface area contributed by atoms with Crippen molar-refractivity contribution < 1.29 is 93.9 Å². The Morgan fingerprint density at radius 3 is 2.40 bits per heavy atom. The zero-order valence-corrected chi connectivity index (χ0v) is 16.3. The number of carboxylic acids is 1. The Morgan fingerprint density at radius 1 is 1.45 bits per heavy atom. The minimum absolute atomic E-state index is 0. The number of nitrogens with zero attached hydrogens (tertiary/aromatic N) is 1. The van der Waals surface area contributed by atoms with E-state index in [4.69, 9.17) is 0 Å². The number of carbonyl (C=O) groups is 1. The number of rotatable bonds is 3. The smallest absolute Gasteiger partial charge is 0.545 e. The topological polar surface area (TPSA) is 86.7 Å². The second-order valence-electron chi connectivity index (χ2n) is 4.38. The number of hydrogen-bond acceptors (Lipinski definition) is 6. The molecule has 2 unspecified atom stereocenters. The molecule has 0 aromatic carbocycles. The molecule has 3 aliphatic rings. The van der Waals surface area contributed by atoms with Gasteiger partial charge in [-0.15, -0.1) is 0 Å². The van der Waals surface area contributed by atoms with Crippen LogP contribution in [0.3, 0.4) is 0 Å². The maximum Gasteiger partial charge on any atom is 1.00 e. The predicted molar refractivity (Wildman–Crippen MR) is 52.7 cm³/mol. The average Bonchev–Trinajstić information content (AvgIpc) is 2.25. The van der Waals surface area contributed by atoms with Crippen molar-refractivity contribution >= 4 is 16.1 Å². The van der Waals surface area contributed by atoms with Gasteiger partial charge in [0.2, 0.25) is 0 Å². The number of fused-ring (bicyclic) bond motifs is 1. The zero-order valence-electron chi connectivity index (χ0n) is 10.6. The van der Waals surface area contributed by atoms with Gasteiger partial charge in [-0.1, -0.05) is 0 Å². The molecule has 6 nitrogen and oxygen atoms in total. The largest absolute Gasteiger partial charge is 1.00 e. The molecule has 20 heavy (non-hydrogen) atoms. The van der Waals surface area contributed by atoms with Crippen LogP contribution < -0.4 is 63.3 Å². The second kappa shape index (κ2) is 5.96. The van der Waals surface area contributed by atoms with Gasteiger partial charge in [0, 0.05) is 24.1 Å². The number of aliphatic carboxylic acids is 1. The molecule has 2 heterocycles. The molecule has 2 aliphatic heterocycles. The fourth-order valence-electron chi connectivity index (χ4n) is 2.27. The van der Waals surface area contributed by atoms with E-state index in [1.165, 1.54) is 0 Å². The summed E-state index contributed by atoms with van der Waals surface area (Å²) >= 11 is 0. The van der Waals surface area contributed by atoms with Crippen molar-refractivity contribution in [2.24, 2.45) is 0 Å². The number of alkyl halides is 3. The first-order valence-corrected chi connectivity index (χ1v) is 6.62. The van der Waals surface area contributed by atoms with Crippen molar-refractivity contribution in [3.05, 3.63) is 11.3 Å². The van der Waals surface area contributed by atoms with Crippen LogP contribution in [-0.2, 0) is 19.1 Å². The number of carbonyl (C=O) groups excluding carboxylic acids is 1. The van der Waals surface area contributed by atoms with E-state index in [1.807, 2.05) is 0 Å². The molecule has 0 aromatic rings. The first-order valence-electron chi connectivity index (χ1n) is 5.21. The molecule has 2 atom stereocenters. The van der Waals surface area contributed by atoms with Crippen molar-refractivity contribution in [2.75, 3.05) is 7.05 Å². The molecule has 0 N–H and O–H groups in total. The van der Waals surface area contributed by atoms with Gasteiger partial charge in [-0.25, -0.2) is 0 Å². The fraction of sp³-hybridized carbons (Fsp3) is 0.667. The number of likely N-dealkylation sites (N-methyl/N-ethyl adjacent to an activating group) is 1. The van der Waals surface area contributed by atoms with E-state index in [0.29, 0.717) is 6.42 Å². The van der Waals surface area contributed by atoms with Crippen LogP contribution in [0.15, 0.2) is 11.3 Å². The molecular formula is C9H9F3NO5RbS. The van der Waals surface area contributed by atoms with Crippen LogP contribution in [0.25, 0.3) is 0 Å². The van der Waals surface area contributed by atoms with Gasteiger partial charge in [-0.3, -0.25) is 4.90 Å². The molecule has 0 radical (unpaired) electrons. The number of halogens is 3. The number of hydrogen-bond donors (Lipinski definition) is 0. The maximum absolute atomic E-state index is 12.2. The van der Waals surface area contributed by atoms with Crippen LogP contribution in [0, 0.1) is 0 Å². The molecule has 11 heteroatoms. The SMILES string of the molecule is CN1C2CC(OS(=O)(=O)C(F)(F)F)=C(C(=O)[O-])C1C2.[Rb+]. The third kappa shape index (κ3) is 3.14. The summed E-state index contributed by atoms with van der Waals surface area (Å²) in [4.78, 5) is 12.6. The molecule has 0 saturated carbocycles. The van der Waals surface area contributed by atoms with Crippen LogP contribution in [0.5, 0.6) is 0 Å². The zero-order chi connectivity index (χ0) is 14.6. The molecule has 2 bridgehead atoms. The van der Waals surface area contributed by atoms with Gasteiger partial charge in [0.15, 0.2) is 0 Å². The van der Waals surface area contributed by atoms with Gasteiger partial charge < -0.3 is 14.1 Å². The quantitative estimate of drug-likeness (QED) is 0.368. The molecule has 3 rings (SSSR count). The third-order valence-corrected chi connectivity index (χ3v) is 4.32. The second-order valence-corrected chi connectivity index (χ2v) is 5.92. The van der Waals surface area contributed by atoms with Crippen molar-refractivity contribution in [3.63, 3.8) is 0 Å². The van der Waals surface area contributed by atoms with E-state index in [2.05, 4.69) is 4.18 Å². The summed E-state index contributed by atoms with van der Waals surface area (Å²) in [5.74, 6) is -2.40. The Balaban J connectivity index is 0.00000200. The summed E-state index contributed by atoms with van der Waals surface area (Å²) in [6, 6.07) is -0.881. The van der Waals surface area contributed by atoms with E-state index in [9.17, 15) is 31.5 Å². The molecule has 0 aromatic heterocycles. The summed E-state index contributed by atoms with van der Waals surface area (Å²) in [5, 5.41) is 10.9. The Labute approximate surface area is 161 Å². The van der Waals surface area contributed by atoms with Crippen molar-refractivity contribution in [1.29, 1.82) is 0 Å². The predicted octanol–water partition coefficient (Wildman–Crippen LogP) is -3.66. The summed E-state index contributed by atoms with van der Waals surface area (Å²) in [6.45, 7) is 0. The summed E-state index contributed by atoms with van der Waals surface area (Å²) < 4.78 is 62.3. The van der Waals surface area contributed by atoms with Crippen molar-refractivity contribution in [1.82, 2.24) is 4.90 Å². The molecule has 1 fully saturated rings. The molecule has 1 saturated heterocycles. The van der Waals surface area contributed by atoms with Crippen molar-refractivity contribution in [3.8, 4) is 0 Å². The van der Waals surface area contributed by atoms with Gasteiger partial charge in [-0.05, 0) is 13.5 Å². The first kappa shape index (κ1) is 18.6. The van der Waals surface area contributed by atoms with Gasteiger partial charge in [0.05, 0.1) is 5.97 Å². The molecule has 1 aliphatic carbocycles. The Bertz CT molecular complexity index is 558. The van der Waals surface area contributed by atoms with Crippen LogP contribution in [0.4, 0.5) is 13.2 Å². The standard InChI is InChI=1S/C9H10F3NO5S.Rb/c1-13-4-2-5(13)7(8(14)15)6(3-4)18-19(16,17)9(10,11)12;/h4-5H,2-3H2,1H3,(H,14,15);/q;+1/p-1. The van der Waals surface area contributed by atoms with E-state index >= 15 is 0 Å². The number of carboxylic acid groups (broad SMARTS) is 1. The summed E-state index contributed by atoms with van der Waals surface area (Å²) in [5.41, 5.74) is -6.12. The normalized spacial score (nSPS) is 26.6. The van der Waals surface area contributed by atoms with Gasteiger partial charge in [0.1, 0.15) is 5.76 Å². The summed E-state index contributed by atoms with van der Waals surface area (Å²) in [6.07, 6.45) is 0.227. The monoisotopic (exact) mass is 385 g/mol. The molecular weight excluding hydrogens is 377 g/mol. The first-order chi connectivity index (χ1) is 8.54. The Morgan fingerprint density at radius 2 is 2.00 bits per heavy atom. The molecule has 0 spiro atoms. The minimum atomic E-state index is -5.85. The maximum atomic E-state index is 12.2. The average molecular weight is 386 g/mol.